The number of urea groups is 1. The molecule has 0 spiro atoms. The average molecular weight is 663 g/mol. The standard InChI is InChI=1S/C30H30F4N6O5S/c1-4-46-29(39(18-41)26-13-19(2)5-6-20(26)15-43-3)37-28(42)36-25-12-11-23(14-24(25)31)44-16-27-35-17-40(38-27)21-7-9-22(10-8-21)45-30(32,33)34/h5-14,17-18,29H,4,15-16H2,1-3H3,(H2,36,37,42). The van der Waals surface area contributed by atoms with E-state index in [1.165, 1.54) is 51.9 Å². The Balaban J connectivity index is 1.36. The van der Waals surface area contributed by atoms with Crippen molar-refractivity contribution in [2.75, 3.05) is 23.1 Å². The van der Waals surface area contributed by atoms with Crippen molar-refractivity contribution in [1.29, 1.82) is 0 Å². The van der Waals surface area contributed by atoms with E-state index >= 15 is 0 Å². The SMILES string of the molecule is CCSC(NC(=O)Nc1ccc(OCc2ncn(-c3ccc(OC(F)(F)F)cc3)n2)cc1F)N(C=O)c1cc(C)ccc1COC. The van der Waals surface area contributed by atoms with Crippen molar-refractivity contribution in [3.63, 3.8) is 0 Å². The molecule has 4 rings (SSSR count). The molecule has 0 radical (unpaired) electrons. The van der Waals surface area contributed by atoms with Gasteiger partial charge in [-0.05, 0) is 60.7 Å². The van der Waals surface area contributed by atoms with Gasteiger partial charge in [-0.15, -0.1) is 30.0 Å². The van der Waals surface area contributed by atoms with Gasteiger partial charge in [-0.25, -0.2) is 18.9 Å². The number of aryl methyl sites for hydroxylation is 1. The molecule has 0 saturated heterocycles. The lowest BCUT2D eigenvalue weighted by molar-refractivity contribution is -0.274. The lowest BCUT2D eigenvalue weighted by atomic mass is 10.1. The number of halogens is 4. The van der Waals surface area contributed by atoms with Gasteiger partial charge in [0.25, 0.3) is 0 Å². The number of thioether (sulfide) groups is 1. The Morgan fingerprint density at radius 2 is 1.83 bits per heavy atom. The second-order valence-corrected chi connectivity index (χ2v) is 10.9. The molecule has 1 heterocycles. The molecule has 244 valence electrons. The third kappa shape index (κ3) is 9.34. The molecule has 46 heavy (non-hydrogen) atoms. The highest BCUT2D eigenvalue weighted by Crippen LogP contribution is 2.28. The highest BCUT2D eigenvalue weighted by Gasteiger charge is 2.31. The first-order chi connectivity index (χ1) is 22.0. The summed E-state index contributed by atoms with van der Waals surface area (Å²) < 4.78 is 68.1. The normalized spacial score (nSPS) is 11.9. The van der Waals surface area contributed by atoms with E-state index in [4.69, 9.17) is 9.47 Å². The number of amides is 3. The number of nitrogens with one attached hydrogen (secondary N) is 2. The first-order valence-corrected chi connectivity index (χ1v) is 14.7. The first kappa shape index (κ1) is 34.1. The van der Waals surface area contributed by atoms with E-state index in [0.29, 0.717) is 23.5 Å². The van der Waals surface area contributed by atoms with Crippen LogP contribution >= 0.6 is 11.8 Å². The molecule has 1 unspecified atom stereocenters. The number of ether oxygens (including phenoxy) is 3. The van der Waals surface area contributed by atoms with Crippen molar-refractivity contribution in [3.05, 3.63) is 89.8 Å². The van der Waals surface area contributed by atoms with Crippen LogP contribution in [0.4, 0.5) is 33.7 Å². The number of carbonyl (C=O) groups excluding carboxylic acids is 2. The molecule has 11 nitrogen and oxygen atoms in total. The minimum absolute atomic E-state index is 0.126. The second-order valence-electron chi connectivity index (χ2n) is 9.56. The van der Waals surface area contributed by atoms with Crippen LogP contribution in [0.1, 0.15) is 23.9 Å². The fourth-order valence-electron chi connectivity index (χ4n) is 4.17. The van der Waals surface area contributed by atoms with Gasteiger partial charge in [-0.2, -0.15) is 0 Å². The smallest absolute Gasteiger partial charge is 0.485 e. The molecule has 3 aromatic carbocycles. The fourth-order valence-corrected chi connectivity index (χ4v) is 5.00. The van der Waals surface area contributed by atoms with Crippen LogP contribution in [-0.4, -0.2) is 51.9 Å². The maximum Gasteiger partial charge on any atom is 0.573 e. The molecule has 0 aliphatic rings. The number of hydrogen-bond donors (Lipinski definition) is 2. The van der Waals surface area contributed by atoms with Gasteiger partial charge in [0, 0.05) is 18.7 Å². The van der Waals surface area contributed by atoms with Gasteiger partial charge in [-0.1, -0.05) is 19.1 Å². The van der Waals surface area contributed by atoms with E-state index in [1.54, 1.807) is 7.11 Å². The number of hydrogen-bond acceptors (Lipinski definition) is 8. The Kier molecular flexibility index (Phi) is 11.4. The summed E-state index contributed by atoms with van der Waals surface area (Å²) in [6.07, 6.45) is -2.83. The third-order valence-corrected chi connectivity index (χ3v) is 7.19. The Morgan fingerprint density at radius 1 is 1.09 bits per heavy atom. The molecular weight excluding hydrogens is 632 g/mol. The van der Waals surface area contributed by atoms with Crippen LogP contribution in [0.2, 0.25) is 0 Å². The number of carbonyl (C=O) groups is 2. The summed E-state index contributed by atoms with van der Waals surface area (Å²) in [7, 11) is 1.54. The quantitative estimate of drug-likeness (QED) is 0.0937. The maximum atomic E-state index is 14.9. The van der Waals surface area contributed by atoms with E-state index in [2.05, 4.69) is 25.5 Å². The second kappa shape index (κ2) is 15.4. The zero-order chi connectivity index (χ0) is 33.3. The van der Waals surface area contributed by atoms with Crippen molar-refractivity contribution in [2.24, 2.45) is 0 Å². The lowest BCUT2D eigenvalue weighted by Gasteiger charge is -2.30. The molecular formula is C30H30F4N6O5S. The summed E-state index contributed by atoms with van der Waals surface area (Å²) in [5.41, 5.74) is 1.74. The molecule has 0 aliphatic heterocycles. The number of anilines is 2. The van der Waals surface area contributed by atoms with Crippen LogP contribution in [0.25, 0.3) is 5.69 Å². The molecule has 0 aliphatic carbocycles. The van der Waals surface area contributed by atoms with Gasteiger partial charge in [0.05, 0.1) is 23.7 Å². The zero-order valence-electron chi connectivity index (χ0n) is 24.9. The van der Waals surface area contributed by atoms with E-state index in [0.717, 1.165) is 29.3 Å². The highest BCUT2D eigenvalue weighted by molar-refractivity contribution is 7.99. The molecule has 0 saturated carbocycles. The van der Waals surface area contributed by atoms with Gasteiger partial charge in [0.1, 0.15) is 30.3 Å². The summed E-state index contributed by atoms with van der Waals surface area (Å²) >= 11 is 1.30. The first-order valence-electron chi connectivity index (χ1n) is 13.7. The number of nitrogens with zero attached hydrogens (tertiary/aromatic N) is 4. The summed E-state index contributed by atoms with van der Waals surface area (Å²) in [4.78, 5) is 30.6. The molecule has 0 fully saturated rings. The number of alkyl halides is 3. The van der Waals surface area contributed by atoms with Crippen LogP contribution in [0.15, 0.2) is 67.0 Å². The van der Waals surface area contributed by atoms with Crippen molar-refractivity contribution in [3.8, 4) is 17.2 Å². The molecule has 0 bridgehead atoms. The largest absolute Gasteiger partial charge is 0.573 e. The van der Waals surface area contributed by atoms with E-state index in [-0.39, 0.29) is 36.2 Å². The summed E-state index contributed by atoms with van der Waals surface area (Å²) in [6, 6.07) is 13.7. The Bertz CT molecular complexity index is 1640. The van der Waals surface area contributed by atoms with E-state index in [1.807, 2.05) is 32.0 Å². The monoisotopic (exact) mass is 662 g/mol. The zero-order valence-corrected chi connectivity index (χ0v) is 25.7. The van der Waals surface area contributed by atoms with Gasteiger partial charge < -0.3 is 24.8 Å². The van der Waals surface area contributed by atoms with Gasteiger partial charge >= 0.3 is 12.4 Å². The number of rotatable bonds is 14. The van der Waals surface area contributed by atoms with Gasteiger partial charge in [-0.3, -0.25) is 9.69 Å². The topological polar surface area (TPSA) is 120 Å². The molecule has 16 heteroatoms. The van der Waals surface area contributed by atoms with E-state index < -0.39 is 23.7 Å². The van der Waals surface area contributed by atoms with Crippen LogP contribution in [0.3, 0.4) is 0 Å². The maximum absolute atomic E-state index is 14.9. The number of benzene rings is 3. The molecule has 1 atom stereocenters. The molecule has 1 aromatic heterocycles. The van der Waals surface area contributed by atoms with E-state index in [9.17, 15) is 27.2 Å². The van der Waals surface area contributed by atoms with Crippen LogP contribution in [0, 0.1) is 12.7 Å². The number of methoxy groups -OCH3 is 1. The van der Waals surface area contributed by atoms with Crippen molar-refractivity contribution in [1.82, 2.24) is 20.1 Å². The average Bonchev–Trinajstić information content (AvgIpc) is 3.48. The summed E-state index contributed by atoms with van der Waals surface area (Å²) in [5, 5.41) is 9.38. The molecule has 3 amide bonds. The van der Waals surface area contributed by atoms with Crippen molar-refractivity contribution in [2.45, 2.75) is 38.9 Å². The van der Waals surface area contributed by atoms with Crippen molar-refractivity contribution >= 4 is 35.6 Å². The summed E-state index contributed by atoms with van der Waals surface area (Å²) in [6.45, 7) is 3.87. The summed E-state index contributed by atoms with van der Waals surface area (Å²) in [5.74, 6) is -0.236. The van der Waals surface area contributed by atoms with Crippen LogP contribution in [0.5, 0.6) is 11.5 Å². The number of aromatic nitrogens is 3. The lowest BCUT2D eigenvalue weighted by Crippen LogP contribution is -2.48. The third-order valence-electron chi connectivity index (χ3n) is 6.19. The van der Waals surface area contributed by atoms with Crippen LogP contribution in [-0.2, 0) is 22.7 Å². The fraction of sp³-hybridized carbons (Fsp3) is 0.267. The predicted octanol–water partition coefficient (Wildman–Crippen LogP) is 6.16. The molecule has 4 aromatic rings. The Labute approximate surface area is 265 Å². The van der Waals surface area contributed by atoms with Crippen LogP contribution < -0.4 is 25.0 Å². The minimum atomic E-state index is -4.80. The Morgan fingerprint density at radius 3 is 2.48 bits per heavy atom. The van der Waals surface area contributed by atoms with Gasteiger partial charge in [0.15, 0.2) is 11.3 Å². The predicted molar refractivity (Wildman–Crippen MR) is 163 cm³/mol. The Hall–Kier alpha value is -4.83. The molecule has 2 N–H and O–H groups in total. The van der Waals surface area contributed by atoms with Gasteiger partial charge in [0.2, 0.25) is 6.41 Å². The van der Waals surface area contributed by atoms with Crippen molar-refractivity contribution < 1.29 is 41.4 Å². The highest BCUT2D eigenvalue weighted by atomic mass is 32.2. The minimum Gasteiger partial charge on any atom is -0.485 e.